The Hall–Kier alpha value is -1.36. The number of nitrogens with one attached hydrogen (secondary N) is 1. The maximum atomic E-state index is 11.4. The van der Waals surface area contributed by atoms with E-state index in [1.165, 1.54) is 6.26 Å². The smallest absolute Gasteiger partial charge is 0.227 e. The van der Waals surface area contributed by atoms with E-state index in [0.717, 1.165) is 19.3 Å². The Morgan fingerprint density at radius 1 is 1.71 bits per heavy atom. The van der Waals surface area contributed by atoms with Crippen LogP contribution in [0.15, 0.2) is 16.9 Å². The van der Waals surface area contributed by atoms with Gasteiger partial charge in [-0.1, -0.05) is 5.16 Å². The molecule has 2 rings (SSSR count). The number of hydrogen-bond donors (Lipinski definition) is 2. The fourth-order valence-corrected chi connectivity index (χ4v) is 1.59. The molecule has 1 aliphatic carbocycles. The lowest BCUT2D eigenvalue weighted by molar-refractivity contribution is -0.118. The molecule has 0 unspecified atom stereocenters. The molecular weight excluding hydrogens is 182 g/mol. The van der Waals surface area contributed by atoms with Gasteiger partial charge in [0.25, 0.3) is 0 Å². The highest BCUT2D eigenvalue weighted by atomic mass is 16.5. The number of aromatic nitrogens is 1. The van der Waals surface area contributed by atoms with Crippen LogP contribution in [0.25, 0.3) is 0 Å². The highest BCUT2D eigenvalue weighted by Gasteiger charge is 2.34. The molecule has 1 fully saturated rings. The number of hydrogen-bond acceptors (Lipinski definition) is 4. The monoisotopic (exact) mass is 195 g/mol. The van der Waals surface area contributed by atoms with Crippen LogP contribution < -0.4 is 11.1 Å². The number of carbonyl (C=O) groups excluding carboxylic acids is 1. The third-order valence-corrected chi connectivity index (χ3v) is 2.57. The molecule has 5 heteroatoms. The number of carbonyl (C=O) groups is 1. The molecule has 0 radical (unpaired) electrons. The van der Waals surface area contributed by atoms with Gasteiger partial charge in [0.2, 0.25) is 5.91 Å². The molecule has 1 aliphatic rings. The number of amides is 1. The van der Waals surface area contributed by atoms with Gasteiger partial charge in [0.15, 0.2) is 5.82 Å². The van der Waals surface area contributed by atoms with E-state index in [0.29, 0.717) is 12.2 Å². The van der Waals surface area contributed by atoms with E-state index in [1.807, 2.05) is 0 Å². The van der Waals surface area contributed by atoms with Gasteiger partial charge in [-0.2, -0.15) is 0 Å². The van der Waals surface area contributed by atoms with Gasteiger partial charge in [-0.25, -0.2) is 0 Å². The molecule has 1 heterocycles. The molecule has 0 saturated heterocycles. The van der Waals surface area contributed by atoms with Crippen LogP contribution >= 0.6 is 0 Å². The second-order valence-corrected chi connectivity index (χ2v) is 3.83. The summed E-state index contributed by atoms with van der Waals surface area (Å²) in [5.74, 6) is 0.346. The van der Waals surface area contributed by atoms with Crippen molar-refractivity contribution in [1.82, 2.24) is 5.16 Å². The molecule has 1 amide bonds. The first-order valence-electron chi connectivity index (χ1n) is 4.67. The van der Waals surface area contributed by atoms with Crippen LogP contribution in [0.5, 0.6) is 0 Å². The minimum Gasteiger partial charge on any atom is -0.363 e. The number of rotatable bonds is 3. The van der Waals surface area contributed by atoms with Crippen molar-refractivity contribution in [3.63, 3.8) is 0 Å². The topological polar surface area (TPSA) is 81.2 Å². The van der Waals surface area contributed by atoms with Crippen molar-refractivity contribution in [2.75, 3.05) is 5.32 Å². The van der Waals surface area contributed by atoms with Gasteiger partial charge >= 0.3 is 0 Å². The van der Waals surface area contributed by atoms with Crippen LogP contribution in [0, 0.1) is 0 Å². The normalized spacial score (nSPS) is 18.6. The largest absolute Gasteiger partial charge is 0.363 e. The lowest BCUT2D eigenvalue weighted by atomic mass is 9.75. The fraction of sp³-hybridized carbons (Fsp3) is 0.556. The summed E-state index contributed by atoms with van der Waals surface area (Å²) >= 11 is 0. The average Bonchev–Trinajstić information content (AvgIpc) is 2.53. The van der Waals surface area contributed by atoms with E-state index in [1.54, 1.807) is 6.07 Å². The van der Waals surface area contributed by atoms with Crippen LogP contribution in [0.3, 0.4) is 0 Å². The quantitative estimate of drug-likeness (QED) is 0.750. The standard InChI is InChI=1S/C9H13N3O2/c10-9(3-1-4-9)6-8(13)11-7-2-5-14-12-7/h2,5H,1,3-4,6,10H2,(H,11,12,13). The van der Waals surface area contributed by atoms with Gasteiger partial charge < -0.3 is 15.6 Å². The molecule has 3 N–H and O–H groups in total. The van der Waals surface area contributed by atoms with Crippen molar-refractivity contribution < 1.29 is 9.32 Å². The highest BCUT2D eigenvalue weighted by Crippen LogP contribution is 2.32. The molecule has 76 valence electrons. The lowest BCUT2D eigenvalue weighted by Gasteiger charge is -2.37. The summed E-state index contributed by atoms with van der Waals surface area (Å²) in [4.78, 5) is 11.4. The Bertz CT molecular complexity index is 317. The lowest BCUT2D eigenvalue weighted by Crippen LogP contribution is -2.48. The molecule has 0 atom stereocenters. The van der Waals surface area contributed by atoms with Crippen molar-refractivity contribution in [3.05, 3.63) is 12.3 Å². The third-order valence-electron chi connectivity index (χ3n) is 2.57. The zero-order valence-electron chi connectivity index (χ0n) is 7.82. The SMILES string of the molecule is NC1(CC(=O)Nc2ccon2)CCC1. The Kier molecular flexibility index (Phi) is 2.25. The minimum atomic E-state index is -0.284. The second-order valence-electron chi connectivity index (χ2n) is 3.83. The molecule has 14 heavy (non-hydrogen) atoms. The third kappa shape index (κ3) is 1.93. The van der Waals surface area contributed by atoms with Crippen molar-refractivity contribution in [2.24, 2.45) is 5.73 Å². The first-order valence-corrected chi connectivity index (χ1v) is 4.67. The number of nitrogens with two attached hydrogens (primary N) is 1. The zero-order valence-corrected chi connectivity index (χ0v) is 7.82. The van der Waals surface area contributed by atoms with Gasteiger partial charge in [-0.15, -0.1) is 0 Å². The van der Waals surface area contributed by atoms with Crippen molar-refractivity contribution in [3.8, 4) is 0 Å². The van der Waals surface area contributed by atoms with E-state index in [2.05, 4.69) is 15.0 Å². The summed E-state index contributed by atoms with van der Waals surface area (Å²) in [6.45, 7) is 0. The fourth-order valence-electron chi connectivity index (χ4n) is 1.59. The van der Waals surface area contributed by atoms with Crippen LogP contribution in [0.2, 0.25) is 0 Å². The van der Waals surface area contributed by atoms with E-state index >= 15 is 0 Å². The van der Waals surface area contributed by atoms with Crippen LogP contribution in [0.1, 0.15) is 25.7 Å². The summed E-state index contributed by atoms with van der Waals surface area (Å²) in [7, 11) is 0. The molecule has 0 aromatic carbocycles. The van der Waals surface area contributed by atoms with Crippen LogP contribution in [0.4, 0.5) is 5.82 Å². The Balaban J connectivity index is 1.84. The van der Waals surface area contributed by atoms with Gasteiger partial charge in [0.1, 0.15) is 6.26 Å². The van der Waals surface area contributed by atoms with Crippen molar-refractivity contribution in [1.29, 1.82) is 0 Å². The molecule has 1 saturated carbocycles. The van der Waals surface area contributed by atoms with E-state index < -0.39 is 0 Å². The first-order chi connectivity index (χ1) is 6.68. The Labute approximate surface area is 81.6 Å². The van der Waals surface area contributed by atoms with Gasteiger partial charge in [-0.05, 0) is 19.3 Å². The summed E-state index contributed by atoms with van der Waals surface area (Å²) in [6, 6.07) is 1.60. The second kappa shape index (κ2) is 3.42. The summed E-state index contributed by atoms with van der Waals surface area (Å²) < 4.78 is 4.59. The number of nitrogens with zero attached hydrogens (tertiary/aromatic N) is 1. The van der Waals surface area contributed by atoms with Gasteiger partial charge in [0.05, 0.1) is 0 Å². The first kappa shape index (κ1) is 9.21. The molecule has 5 nitrogen and oxygen atoms in total. The van der Waals surface area contributed by atoms with E-state index in [9.17, 15) is 4.79 Å². The zero-order chi connectivity index (χ0) is 10.0. The molecule has 0 spiro atoms. The van der Waals surface area contributed by atoms with Crippen LogP contribution in [-0.2, 0) is 4.79 Å². The predicted molar refractivity (Wildman–Crippen MR) is 50.5 cm³/mol. The maximum absolute atomic E-state index is 11.4. The highest BCUT2D eigenvalue weighted by molar-refractivity contribution is 5.90. The maximum Gasteiger partial charge on any atom is 0.227 e. The molecular formula is C9H13N3O2. The molecule has 1 aromatic heterocycles. The minimum absolute atomic E-state index is 0.0962. The Morgan fingerprint density at radius 2 is 2.50 bits per heavy atom. The van der Waals surface area contributed by atoms with Crippen molar-refractivity contribution in [2.45, 2.75) is 31.2 Å². The van der Waals surface area contributed by atoms with Crippen LogP contribution in [-0.4, -0.2) is 16.6 Å². The summed E-state index contributed by atoms with van der Waals surface area (Å²) in [5.41, 5.74) is 5.64. The summed E-state index contributed by atoms with van der Waals surface area (Å²) in [5, 5.41) is 6.20. The van der Waals surface area contributed by atoms with E-state index in [-0.39, 0.29) is 11.4 Å². The molecule has 0 aliphatic heterocycles. The van der Waals surface area contributed by atoms with Crippen molar-refractivity contribution >= 4 is 11.7 Å². The van der Waals surface area contributed by atoms with Gasteiger partial charge in [0, 0.05) is 18.0 Å². The molecule has 0 bridgehead atoms. The molecule has 1 aromatic rings. The average molecular weight is 195 g/mol. The summed E-state index contributed by atoms with van der Waals surface area (Å²) in [6.07, 6.45) is 4.75. The van der Waals surface area contributed by atoms with E-state index in [4.69, 9.17) is 5.73 Å². The number of anilines is 1. The Morgan fingerprint density at radius 3 is 3.00 bits per heavy atom. The predicted octanol–water partition coefficient (Wildman–Crippen LogP) is 0.885. The van der Waals surface area contributed by atoms with Gasteiger partial charge in [-0.3, -0.25) is 4.79 Å².